The second-order valence-corrected chi connectivity index (χ2v) is 12.6. The van der Waals surface area contributed by atoms with E-state index in [1.807, 2.05) is 42.1 Å². The second-order valence-electron chi connectivity index (χ2n) is 10.9. The second kappa shape index (κ2) is 11.2. The predicted octanol–water partition coefficient (Wildman–Crippen LogP) is 5.07. The van der Waals surface area contributed by atoms with Gasteiger partial charge in [-0.25, -0.2) is 28.1 Å². The first-order chi connectivity index (χ1) is 21.0. The summed E-state index contributed by atoms with van der Waals surface area (Å²) in [6.07, 6.45) is 8.11. The van der Waals surface area contributed by atoms with Gasteiger partial charge >= 0.3 is 0 Å². The number of aromatic nitrogens is 6. The lowest BCUT2D eigenvalue weighted by molar-refractivity contribution is 0.0591. The van der Waals surface area contributed by atoms with Crippen LogP contribution in [0.2, 0.25) is 0 Å². The number of aliphatic hydroxyl groups is 1. The maximum absolute atomic E-state index is 12.8. The quantitative estimate of drug-likeness (QED) is 0.202. The van der Waals surface area contributed by atoms with E-state index in [1.165, 1.54) is 31.6 Å². The monoisotopic (exact) mass is 610 g/mol. The first-order valence-corrected chi connectivity index (χ1v) is 15.2. The fourth-order valence-corrected chi connectivity index (χ4v) is 5.87. The van der Waals surface area contributed by atoms with Gasteiger partial charge in [0, 0.05) is 39.8 Å². The molecule has 13 heteroatoms. The van der Waals surface area contributed by atoms with Crippen LogP contribution in [0.4, 0.5) is 17.5 Å². The number of nitrogens with zero attached hydrogens (tertiary/aromatic N) is 6. The van der Waals surface area contributed by atoms with Crippen molar-refractivity contribution >= 4 is 49.2 Å². The van der Waals surface area contributed by atoms with Crippen LogP contribution in [0.3, 0.4) is 0 Å². The maximum Gasteiger partial charge on any atom is 0.264 e. The molecule has 3 N–H and O–H groups in total. The topological polar surface area (TPSA) is 157 Å². The molecule has 0 atom stereocenters. The van der Waals surface area contributed by atoms with Crippen molar-refractivity contribution in [3.63, 3.8) is 0 Å². The molecule has 44 heavy (non-hydrogen) atoms. The number of ether oxygens (including phenoxy) is 1. The van der Waals surface area contributed by atoms with Crippen molar-refractivity contribution in [1.82, 2.24) is 29.7 Å². The molecule has 6 aromatic rings. The Morgan fingerprint density at radius 2 is 1.68 bits per heavy atom. The van der Waals surface area contributed by atoms with Crippen molar-refractivity contribution in [1.29, 1.82) is 0 Å². The van der Waals surface area contributed by atoms with Gasteiger partial charge in [-0.3, -0.25) is 9.67 Å². The number of sulfonamides is 1. The number of aryl methyl sites for hydroxylation is 1. The smallest absolute Gasteiger partial charge is 0.264 e. The summed E-state index contributed by atoms with van der Waals surface area (Å²) in [5.74, 6) is 0.930. The molecule has 6 rings (SSSR count). The van der Waals surface area contributed by atoms with Gasteiger partial charge in [0.25, 0.3) is 10.0 Å². The van der Waals surface area contributed by atoms with Gasteiger partial charge < -0.3 is 15.2 Å². The minimum atomic E-state index is -3.90. The van der Waals surface area contributed by atoms with Gasteiger partial charge in [-0.15, -0.1) is 0 Å². The minimum absolute atomic E-state index is 0.0529. The average Bonchev–Trinajstić information content (AvgIpc) is 3.39. The molecular formula is C31H30N8O4S. The van der Waals surface area contributed by atoms with Crippen LogP contribution < -0.4 is 14.8 Å². The third kappa shape index (κ3) is 5.87. The molecule has 4 aromatic heterocycles. The van der Waals surface area contributed by atoms with Gasteiger partial charge in [-0.1, -0.05) is 6.07 Å². The fraction of sp³-hybridized carbons (Fsp3) is 0.194. The number of hydrogen-bond acceptors (Lipinski definition) is 10. The molecule has 0 spiro atoms. The zero-order valence-electron chi connectivity index (χ0n) is 24.5. The Morgan fingerprint density at radius 1 is 0.932 bits per heavy atom. The van der Waals surface area contributed by atoms with Crippen LogP contribution in [0.25, 0.3) is 32.9 Å². The van der Waals surface area contributed by atoms with E-state index >= 15 is 0 Å². The first kappa shape index (κ1) is 29.0. The Balaban J connectivity index is 1.26. The molecule has 0 saturated carbocycles. The minimum Gasteiger partial charge on any atom is -0.494 e. The summed E-state index contributed by atoms with van der Waals surface area (Å²) in [6, 6.07) is 14.1. The predicted molar refractivity (Wildman–Crippen MR) is 168 cm³/mol. The summed E-state index contributed by atoms with van der Waals surface area (Å²) in [6.45, 7) is 5.94. The Labute approximate surface area is 253 Å². The lowest BCUT2D eigenvalue weighted by Gasteiger charge is -2.18. The number of fused-ring (bicyclic) bond motifs is 2. The van der Waals surface area contributed by atoms with Crippen molar-refractivity contribution in [2.45, 2.75) is 37.8 Å². The number of methoxy groups -OCH3 is 1. The number of anilines is 3. The van der Waals surface area contributed by atoms with E-state index < -0.39 is 15.6 Å². The summed E-state index contributed by atoms with van der Waals surface area (Å²) in [4.78, 5) is 17.2. The van der Waals surface area contributed by atoms with E-state index in [9.17, 15) is 13.5 Å². The van der Waals surface area contributed by atoms with Crippen molar-refractivity contribution in [3.05, 3.63) is 85.1 Å². The van der Waals surface area contributed by atoms with E-state index in [0.29, 0.717) is 23.8 Å². The van der Waals surface area contributed by atoms with E-state index in [-0.39, 0.29) is 10.8 Å². The number of benzene rings is 2. The fourth-order valence-electron chi connectivity index (χ4n) is 4.91. The van der Waals surface area contributed by atoms with E-state index in [2.05, 4.69) is 30.1 Å². The van der Waals surface area contributed by atoms with Gasteiger partial charge in [0.2, 0.25) is 5.95 Å². The molecule has 0 aliphatic carbocycles. The Morgan fingerprint density at radius 3 is 2.39 bits per heavy atom. The summed E-state index contributed by atoms with van der Waals surface area (Å²) in [5, 5.41) is 20.9. The average molecular weight is 611 g/mol. The molecule has 4 heterocycles. The van der Waals surface area contributed by atoms with Crippen LogP contribution in [0.15, 0.2) is 84.4 Å². The van der Waals surface area contributed by atoms with Crippen LogP contribution in [0, 0.1) is 6.92 Å². The summed E-state index contributed by atoms with van der Waals surface area (Å²) < 4.78 is 34.9. The number of nitrogens with one attached hydrogen (secondary N) is 2. The Hall–Kier alpha value is -5.14. The van der Waals surface area contributed by atoms with E-state index in [4.69, 9.17) is 9.72 Å². The third-order valence-electron chi connectivity index (χ3n) is 7.06. The van der Waals surface area contributed by atoms with Crippen LogP contribution in [-0.4, -0.2) is 56.0 Å². The molecule has 0 saturated heterocycles. The molecule has 0 aliphatic rings. The summed E-state index contributed by atoms with van der Waals surface area (Å²) in [7, 11) is -2.43. The van der Waals surface area contributed by atoms with Crippen molar-refractivity contribution in [2.75, 3.05) is 17.1 Å². The summed E-state index contributed by atoms with van der Waals surface area (Å²) >= 11 is 0. The highest BCUT2D eigenvalue weighted by molar-refractivity contribution is 7.92. The SMILES string of the molecule is COc1cnc(NS(=O)(=O)c2ccc(Nc3cc4c(-c5ccc6c(cnn6CC(C)(C)O)c5C)nccc4cn3)cc2)nc1. The molecule has 12 nitrogen and oxygen atoms in total. The molecule has 0 fully saturated rings. The maximum atomic E-state index is 12.8. The highest BCUT2D eigenvalue weighted by atomic mass is 32.2. The summed E-state index contributed by atoms with van der Waals surface area (Å²) in [5.41, 5.74) is 3.49. The number of pyridine rings is 2. The largest absolute Gasteiger partial charge is 0.494 e. The van der Waals surface area contributed by atoms with Crippen LogP contribution in [-0.2, 0) is 16.6 Å². The van der Waals surface area contributed by atoms with Crippen molar-refractivity contribution < 1.29 is 18.3 Å². The molecule has 0 aliphatic heterocycles. The van der Waals surface area contributed by atoms with Gasteiger partial charge in [-0.2, -0.15) is 5.10 Å². The molecule has 0 unspecified atom stereocenters. The highest BCUT2D eigenvalue weighted by Gasteiger charge is 2.19. The zero-order chi connectivity index (χ0) is 31.1. The lowest BCUT2D eigenvalue weighted by Crippen LogP contribution is -2.26. The van der Waals surface area contributed by atoms with Gasteiger partial charge in [0.05, 0.1) is 54.0 Å². The molecule has 2 aromatic carbocycles. The molecule has 224 valence electrons. The highest BCUT2D eigenvalue weighted by Crippen LogP contribution is 2.34. The van der Waals surface area contributed by atoms with Gasteiger partial charge in [0.15, 0.2) is 5.75 Å². The Kier molecular flexibility index (Phi) is 7.35. The number of rotatable bonds is 9. The molecular weight excluding hydrogens is 580 g/mol. The van der Waals surface area contributed by atoms with Crippen LogP contribution in [0.1, 0.15) is 19.4 Å². The zero-order valence-corrected chi connectivity index (χ0v) is 25.3. The molecule has 0 radical (unpaired) electrons. The van der Waals surface area contributed by atoms with E-state index in [1.54, 1.807) is 38.4 Å². The standard InChI is InChI=1S/C31H30N8O4S/c1-19-24(9-10-27-26(19)17-36-39(27)18-31(2,3)40)29-25-13-28(33-14-20(25)11-12-32-29)37-21-5-7-23(8-6-21)44(41,42)38-30-34-15-22(43-4)16-35-30/h5-17,40H,18H2,1-4H3,(H,33,37)(H,34,35,38). The van der Waals surface area contributed by atoms with Gasteiger partial charge in [-0.05, 0) is 68.8 Å². The van der Waals surface area contributed by atoms with Crippen LogP contribution >= 0.6 is 0 Å². The van der Waals surface area contributed by atoms with E-state index in [0.717, 1.165) is 38.5 Å². The molecule has 0 bridgehead atoms. The Bertz CT molecular complexity index is 2090. The third-order valence-corrected chi connectivity index (χ3v) is 8.41. The van der Waals surface area contributed by atoms with Gasteiger partial charge in [0.1, 0.15) is 5.82 Å². The lowest BCUT2D eigenvalue weighted by atomic mass is 9.98. The van der Waals surface area contributed by atoms with Crippen molar-refractivity contribution in [3.8, 4) is 17.0 Å². The van der Waals surface area contributed by atoms with Crippen molar-refractivity contribution in [2.24, 2.45) is 0 Å². The first-order valence-electron chi connectivity index (χ1n) is 13.7. The normalized spacial score (nSPS) is 12.0. The number of hydrogen-bond donors (Lipinski definition) is 3. The van der Waals surface area contributed by atoms with Crippen LogP contribution in [0.5, 0.6) is 5.75 Å². The molecule has 0 amide bonds.